The van der Waals surface area contributed by atoms with Gasteiger partial charge in [0.05, 0.1) is 0 Å². The highest BCUT2D eigenvalue weighted by molar-refractivity contribution is 5.66. The van der Waals surface area contributed by atoms with Crippen LogP contribution in [0.15, 0.2) is 47.4 Å². The summed E-state index contributed by atoms with van der Waals surface area (Å²) < 4.78 is 1.55. The van der Waals surface area contributed by atoms with Crippen molar-refractivity contribution < 1.29 is 0 Å². The number of pyridine rings is 1. The average Bonchev–Trinajstić information content (AvgIpc) is 2.33. The smallest absolute Gasteiger partial charge is 0.255 e. The van der Waals surface area contributed by atoms with Crippen molar-refractivity contribution >= 4 is 0 Å². The Balaban J connectivity index is 2.67. The number of rotatable bonds is 2. The molecule has 0 aliphatic rings. The Bertz CT molecular complexity index is 544. The second-order valence-electron chi connectivity index (χ2n) is 3.69. The summed E-state index contributed by atoms with van der Waals surface area (Å²) in [4.78, 5) is 11.9. The van der Waals surface area contributed by atoms with Crippen molar-refractivity contribution in [3.63, 3.8) is 0 Å². The summed E-state index contributed by atoms with van der Waals surface area (Å²) in [7, 11) is 1.73. The van der Waals surface area contributed by atoms with E-state index in [1.54, 1.807) is 17.8 Å². The zero-order valence-electron chi connectivity index (χ0n) is 9.18. The molecule has 2 aromatic rings. The first-order valence-electron chi connectivity index (χ1n) is 5.18. The molecule has 1 aromatic heterocycles. The van der Waals surface area contributed by atoms with Gasteiger partial charge in [-0.15, -0.1) is 0 Å². The van der Waals surface area contributed by atoms with Gasteiger partial charge in [-0.25, -0.2) is 0 Å². The predicted octanol–water partition coefficient (Wildman–Crippen LogP) is 1.51. The van der Waals surface area contributed by atoms with Gasteiger partial charge in [0.15, 0.2) is 0 Å². The molecule has 0 spiro atoms. The summed E-state index contributed by atoms with van der Waals surface area (Å²) >= 11 is 0. The van der Waals surface area contributed by atoms with Crippen molar-refractivity contribution in [3.05, 3.63) is 58.5 Å². The van der Waals surface area contributed by atoms with Crippen LogP contribution in [0.4, 0.5) is 0 Å². The molecule has 82 valence electrons. The quantitative estimate of drug-likeness (QED) is 0.823. The highest BCUT2D eigenvalue weighted by atomic mass is 16.1. The third-order valence-electron chi connectivity index (χ3n) is 2.66. The minimum atomic E-state index is -0.0242. The summed E-state index contributed by atoms with van der Waals surface area (Å²) in [6.45, 7) is 0.262. The van der Waals surface area contributed by atoms with Gasteiger partial charge in [-0.05, 0) is 17.2 Å². The molecule has 0 unspecified atom stereocenters. The van der Waals surface area contributed by atoms with Crippen LogP contribution in [0.25, 0.3) is 11.1 Å². The van der Waals surface area contributed by atoms with E-state index in [4.69, 9.17) is 5.73 Å². The van der Waals surface area contributed by atoms with Gasteiger partial charge in [-0.2, -0.15) is 0 Å². The minimum Gasteiger partial charge on any atom is -0.326 e. The fraction of sp³-hybridized carbons (Fsp3) is 0.154. The molecule has 0 aliphatic carbocycles. The van der Waals surface area contributed by atoms with E-state index in [9.17, 15) is 4.79 Å². The Labute approximate surface area is 94.1 Å². The molecular weight excluding hydrogens is 200 g/mol. The molecule has 1 heterocycles. The Morgan fingerprint density at radius 3 is 2.50 bits per heavy atom. The first-order chi connectivity index (χ1) is 7.74. The minimum absolute atomic E-state index is 0.0242. The molecule has 0 bridgehead atoms. The summed E-state index contributed by atoms with van der Waals surface area (Å²) in [6.07, 6.45) is 1.77. The van der Waals surface area contributed by atoms with Crippen LogP contribution in [0, 0.1) is 0 Å². The molecule has 0 saturated heterocycles. The number of aromatic nitrogens is 1. The number of aryl methyl sites for hydroxylation is 1. The van der Waals surface area contributed by atoms with E-state index in [2.05, 4.69) is 0 Å². The van der Waals surface area contributed by atoms with Crippen LogP contribution in [0.3, 0.4) is 0 Å². The summed E-state index contributed by atoms with van der Waals surface area (Å²) in [5, 5.41) is 0. The van der Waals surface area contributed by atoms with Crippen LogP contribution in [-0.2, 0) is 13.6 Å². The summed E-state index contributed by atoms with van der Waals surface area (Å²) in [5.74, 6) is 0. The maximum atomic E-state index is 11.9. The lowest BCUT2D eigenvalue weighted by atomic mass is 10.0. The highest BCUT2D eigenvalue weighted by Crippen LogP contribution is 2.20. The molecule has 0 saturated carbocycles. The van der Waals surface area contributed by atoms with Crippen molar-refractivity contribution in [2.24, 2.45) is 12.8 Å². The van der Waals surface area contributed by atoms with Crippen molar-refractivity contribution in [2.75, 3.05) is 0 Å². The summed E-state index contributed by atoms with van der Waals surface area (Å²) in [5.41, 5.74) is 8.23. The van der Waals surface area contributed by atoms with Gasteiger partial charge in [-0.3, -0.25) is 4.79 Å². The Hall–Kier alpha value is -1.87. The maximum Gasteiger partial charge on any atom is 0.255 e. The zero-order valence-corrected chi connectivity index (χ0v) is 9.18. The molecule has 0 fully saturated rings. The van der Waals surface area contributed by atoms with Gasteiger partial charge in [0.1, 0.15) is 0 Å². The highest BCUT2D eigenvalue weighted by Gasteiger charge is 2.08. The molecule has 0 atom stereocenters. The van der Waals surface area contributed by atoms with E-state index in [-0.39, 0.29) is 12.1 Å². The molecule has 1 aromatic carbocycles. The molecule has 2 N–H and O–H groups in total. The molecule has 2 rings (SSSR count). The molecule has 3 heteroatoms. The Morgan fingerprint density at radius 1 is 1.19 bits per heavy atom. The second kappa shape index (κ2) is 4.33. The number of nitrogens with two attached hydrogens (primary N) is 1. The van der Waals surface area contributed by atoms with E-state index in [0.29, 0.717) is 5.56 Å². The van der Waals surface area contributed by atoms with E-state index < -0.39 is 0 Å². The average molecular weight is 214 g/mol. The topological polar surface area (TPSA) is 48.0 Å². The molecule has 16 heavy (non-hydrogen) atoms. The largest absolute Gasteiger partial charge is 0.326 e. The fourth-order valence-electron chi connectivity index (χ4n) is 1.77. The third-order valence-corrected chi connectivity index (χ3v) is 2.66. The normalized spacial score (nSPS) is 10.4. The lowest BCUT2D eigenvalue weighted by molar-refractivity contribution is 0.832. The lowest BCUT2D eigenvalue weighted by Crippen LogP contribution is -2.23. The van der Waals surface area contributed by atoms with Gasteiger partial charge < -0.3 is 10.3 Å². The standard InChI is InChI=1S/C13H14N2O/c1-15-8-7-11(12(9-14)13(15)16)10-5-3-2-4-6-10/h2-8H,9,14H2,1H3. The van der Waals surface area contributed by atoms with Gasteiger partial charge in [0.25, 0.3) is 5.56 Å². The molecule has 0 aliphatic heterocycles. The van der Waals surface area contributed by atoms with Crippen LogP contribution in [0.5, 0.6) is 0 Å². The van der Waals surface area contributed by atoms with Gasteiger partial charge in [-0.1, -0.05) is 30.3 Å². The number of hydrogen-bond acceptors (Lipinski definition) is 2. The van der Waals surface area contributed by atoms with Crippen molar-refractivity contribution in [1.29, 1.82) is 0 Å². The first-order valence-corrected chi connectivity index (χ1v) is 5.18. The number of hydrogen-bond donors (Lipinski definition) is 1. The predicted molar refractivity (Wildman–Crippen MR) is 65.0 cm³/mol. The summed E-state index contributed by atoms with van der Waals surface area (Å²) in [6, 6.07) is 11.7. The third kappa shape index (κ3) is 1.77. The molecule has 0 amide bonds. The van der Waals surface area contributed by atoms with E-state index in [1.807, 2.05) is 36.4 Å². The van der Waals surface area contributed by atoms with Crippen molar-refractivity contribution in [1.82, 2.24) is 4.57 Å². The first kappa shape index (κ1) is 10.6. The number of benzene rings is 1. The monoisotopic (exact) mass is 214 g/mol. The molecule has 0 radical (unpaired) electrons. The van der Waals surface area contributed by atoms with Gasteiger partial charge >= 0.3 is 0 Å². The Morgan fingerprint density at radius 2 is 1.88 bits per heavy atom. The van der Waals surface area contributed by atoms with Crippen molar-refractivity contribution in [2.45, 2.75) is 6.54 Å². The fourth-order valence-corrected chi connectivity index (χ4v) is 1.77. The van der Waals surface area contributed by atoms with Gasteiger partial charge in [0, 0.05) is 25.4 Å². The SMILES string of the molecule is Cn1ccc(-c2ccccc2)c(CN)c1=O. The molecule has 3 nitrogen and oxygen atoms in total. The van der Waals surface area contributed by atoms with E-state index >= 15 is 0 Å². The van der Waals surface area contributed by atoms with Crippen LogP contribution < -0.4 is 11.3 Å². The van der Waals surface area contributed by atoms with Gasteiger partial charge in [0.2, 0.25) is 0 Å². The maximum absolute atomic E-state index is 11.9. The van der Waals surface area contributed by atoms with Crippen LogP contribution in [0.2, 0.25) is 0 Å². The van der Waals surface area contributed by atoms with Crippen LogP contribution in [0.1, 0.15) is 5.56 Å². The van der Waals surface area contributed by atoms with Crippen LogP contribution >= 0.6 is 0 Å². The second-order valence-corrected chi connectivity index (χ2v) is 3.69. The number of nitrogens with zero attached hydrogens (tertiary/aromatic N) is 1. The van der Waals surface area contributed by atoms with Crippen molar-refractivity contribution in [3.8, 4) is 11.1 Å². The lowest BCUT2D eigenvalue weighted by Gasteiger charge is -2.08. The van der Waals surface area contributed by atoms with Crippen LogP contribution in [-0.4, -0.2) is 4.57 Å². The molecular formula is C13H14N2O. The van der Waals surface area contributed by atoms with E-state index in [0.717, 1.165) is 11.1 Å². The zero-order chi connectivity index (χ0) is 11.5. The van der Waals surface area contributed by atoms with E-state index in [1.165, 1.54) is 0 Å². The Kier molecular flexibility index (Phi) is 2.88.